The quantitative estimate of drug-likeness (QED) is 0.797. The van der Waals surface area contributed by atoms with Crippen LogP contribution >= 0.6 is 0 Å². The molecule has 2 rings (SSSR count). The molecule has 0 spiro atoms. The Labute approximate surface area is 105 Å². The number of rotatable bonds is 1. The van der Waals surface area contributed by atoms with Crippen LogP contribution in [0.15, 0.2) is 18.2 Å². The van der Waals surface area contributed by atoms with E-state index in [9.17, 15) is 19.4 Å². The molecule has 4 nitrogen and oxygen atoms in total. The summed E-state index contributed by atoms with van der Waals surface area (Å²) in [7, 11) is 0. The molecule has 1 aromatic rings. The standard InChI is InChI=1S/C13H16FNO3/c1-13(18)4-6-15(7-5-13)12(17)10-8-9(14)2-3-11(10)16/h2-3,8,16,18H,4-7H2,1H3. The maximum absolute atomic E-state index is 13.1. The van der Waals surface area contributed by atoms with Crippen LogP contribution < -0.4 is 0 Å². The number of hydrogen-bond donors (Lipinski definition) is 2. The number of nitrogens with zero attached hydrogens (tertiary/aromatic N) is 1. The number of likely N-dealkylation sites (tertiary alicyclic amines) is 1. The van der Waals surface area contributed by atoms with E-state index in [1.807, 2.05) is 0 Å². The van der Waals surface area contributed by atoms with Gasteiger partial charge in [0.1, 0.15) is 11.6 Å². The second-order valence-corrected chi connectivity index (χ2v) is 4.95. The van der Waals surface area contributed by atoms with Crippen molar-refractivity contribution in [2.24, 2.45) is 0 Å². The van der Waals surface area contributed by atoms with Crippen molar-refractivity contribution < 1.29 is 19.4 Å². The van der Waals surface area contributed by atoms with Gasteiger partial charge in [-0.3, -0.25) is 4.79 Å². The first-order chi connectivity index (χ1) is 8.39. The molecule has 0 radical (unpaired) electrons. The summed E-state index contributed by atoms with van der Waals surface area (Å²) in [6, 6.07) is 3.31. The number of halogens is 1. The fraction of sp³-hybridized carbons (Fsp3) is 0.462. The molecule has 1 amide bonds. The molecule has 5 heteroatoms. The first-order valence-electron chi connectivity index (χ1n) is 5.89. The van der Waals surface area contributed by atoms with Gasteiger partial charge in [0, 0.05) is 13.1 Å². The third kappa shape index (κ3) is 2.61. The lowest BCUT2D eigenvalue weighted by atomic mass is 9.93. The topological polar surface area (TPSA) is 60.8 Å². The largest absolute Gasteiger partial charge is 0.507 e. The number of benzene rings is 1. The van der Waals surface area contributed by atoms with E-state index in [-0.39, 0.29) is 11.3 Å². The summed E-state index contributed by atoms with van der Waals surface area (Å²) in [6.07, 6.45) is 0.962. The van der Waals surface area contributed by atoms with E-state index in [0.29, 0.717) is 25.9 Å². The van der Waals surface area contributed by atoms with Crippen LogP contribution in [-0.2, 0) is 0 Å². The van der Waals surface area contributed by atoms with Crippen LogP contribution in [0.4, 0.5) is 4.39 Å². The Hall–Kier alpha value is -1.62. The zero-order valence-corrected chi connectivity index (χ0v) is 10.2. The highest BCUT2D eigenvalue weighted by atomic mass is 19.1. The minimum absolute atomic E-state index is 0.0310. The molecular weight excluding hydrogens is 237 g/mol. The van der Waals surface area contributed by atoms with Crippen molar-refractivity contribution >= 4 is 5.91 Å². The zero-order chi connectivity index (χ0) is 13.3. The van der Waals surface area contributed by atoms with Gasteiger partial charge >= 0.3 is 0 Å². The normalized spacial score (nSPS) is 18.7. The fourth-order valence-corrected chi connectivity index (χ4v) is 2.04. The maximum Gasteiger partial charge on any atom is 0.257 e. The van der Waals surface area contributed by atoms with Crippen molar-refractivity contribution in [2.45, 2.75) is 25.4 Å². The molecule has 1 aliphatic rings. The minimum atomic E-state index is -0.749. The molecule has 0 unspecified atom stereocenters. The zero-order valence-electron chi connectivity index (χ0n) is 10.2. The van der Waals surface area contributed by atoms with Crippen LogP contribution in [0.5, 0.6) is 5.75 Å². The highest BCUT2D eigenvalue weighted by Crippen LogP contribution is 2.25. The van der Waals surface area contributed by atoms with E-state index in [2.05, 4.69) is 0 Å². The molecule has 0 aromatic heterocycles. The summed E-state index contributed by atoms with van der Waals surface area (Å²) >= 11 is 0. The van der Waals surface area contributed by atoms with Gasteiger partial charge in [0.25, 0.3) is 5.91 Å². The van der Waals surface area contributed by atoms with Gasteiger partial charge in [-0.15, -0.1) is 0 Å². The third-order valence-corrected chi connectivity index (χ3v) is 3.32. The highest BCUT2D eigenvalue weighted by Gasteiger charge is 2.30. The fourth-order valence-electron chi connectivity index (χ4n) is 2.04. The third-order valence-electron chi connectivity index (χ3n) is 3.32. The van der Waals surface area contributed by atoms with Crippen molar-refractivity contribution in [1.29, 1.82) is 0 Å². The summed E-state index contributed by atoms with van der Waals surface area (Å²) in [5.41, 5.74) is -0.780. The van der Waals surface area contributed by atoms with Crippen LogP contribution in [0.1, 0.15) is 30.1 Å². The number of carbonyl (C=O) groups is 1. The number of phenolic OH excluding ortho intramolecular Hbond substituents is 1. The monoisotopic (exact) mass is 253 g/mol. The molecule has 1 heterocycles. The first-order valence-corrected chi connectivity index (χ1v) is 5.89. The lowest BCUT2D eigenvalue weighted by Crippen LogP contribution is -2.45. The number of carbonyl (C=O) groups excluding carboxylic acids is 1. The van der Waals surface area contributed by atoms with Crippen LogP contribution in [-0.4, -0.2) is 39.7 Å². The first kappa shape index (κ1) is 12.8. The second kappa shape index (κ2) is 4.57. The molecule has 0 bridgehead atoms. The number of aromatic hydroxyl groups is 1. The van der Waals surface area contributed by atoms with E-state index in [0.717, 1.165) is 12.1 Å². The SMILES string of the molecule is CC1(O)CCN(C(=O)c2cc(F)ccc2O)CC1. The van der Waals surface area contributed by atoms with Crippen molar-refractivity contribution in [3.63, 3.8) is 0 Å². The van der Waals surface area contributed by atoms with E-state index in [1.165, 1.54) is 11.0 Å². The molecule has 1 saturated heterocycles. The molecule has 0 saturated carbocycles. The average Bonchev–Trinajstić information content (AvgIpc) is 2.31. The van der Waals surface area contributed by atoms with Gasteiger partial charge in [0.15, 0.2) is 0 Å². The molecule has 0 atom stereocenters. The Kier molecular flexibility index (Phi) is 3.26. The van der Waals surface area contributed by atoms with Gasteiger partial charge in [-0.2, -0.15) is 0 Å². The molecule has 1 aliphatic heterocycles. The second-order valence-electron chi connectivity index (χ2n) is 4.95. The highest BCUT2D eigenvalue weighted by molar-refractivity contribution is 5.96. The predicted octanol–water partition coefficient (Wildman–Crippen LogP) is 1.52. The smallest absolute Gasteiger partial charge is 0.257 e. The lowest BCUT2D eigenvalue weighted by Gasteiger charge is -2.35. The van der Waals surface area contributed by atoms with Crippen LogP contribution in [0, 0.1) is 5.82 Å². The molecule has 0 aliphatic carbocycles. The van der Waals surface area contributed by atoms with Gasteiger partial charge in [0.2, 0.25) is 0 Å². The van der Waals surface area contributed by atoms with Crippen molar-refractivity contribution in [1.82, 2.24) is 4.90 Å². The molecule has 98 valence electrons. The summed E-state index contributed by atoms with van der Waals surface area (Å²) in [6.45, 7) is 2.54. The Balaban J connectivity index is 2.15. The van der Waals surface area contributed by atoms with Crippen molar-refractivity contribution in [2.75, 3.05) is 13.1 Å². The van der Waals surface area contributed by atoms with E-state index >= 15 is 0 Å². The number of piperidine rings is 1. The molecule has 1 fully saturated rings. The van der Waals surface area contributed by atoms with Crippen molar-refractivity contribution in [3.05, 3.63) is 29.6 Å². The van der Waals surface area contributed by atoms with Crippen LogP contribution in [0.25, 0.3) is 0 Å². The van der Waals surface area contributed by atoms with Gasteiger partial charge in [-0.05, 0) is 38.0 Å². The molecule has 1 aromatic carbocycles. The van der Waals surface area contributed by atoms with E-state index < -0.39 is 17.3 Å². The molecule has 18 heavy (non-hydrogen) atoms. The Morgan fingerprint density at radius 1 is 1.39 bits per heavy atom. The maximum atomic E-state index is 13.1. The predicted molar refractivity (Wildman–Crippen MR) is 63.8 cm³/mol. The van der Waals surface area contributed by atoms with Gasteiger partial charge in [-0.25, -0.2) is 4.39 Å². The summed E-state index contributed by atoms with van der Waals surface area (Å²) in [5.74, 6) is -1.18. The minimum Gasteiger partial charge on any atom is -0.507 e. The molecule has 2 N–H and O–H groups in total. The number of hydrogen-bond acceptors (Lipinski definition) is 3. The summed E-state index contributed by atoms with van der Waals surface area (Å²) in [4.78, 5) is 13.6. The van der Waals surface area contributed by atoms with Crippen LogP contribution in [0.2, 0.25) is 0 Å². The lowest BCUT2D eigenvalue weighted by molar-refractivity contribution is -0.00209. The summed E-state index contributed by atoms with van der Waals surface area (Å²) in [5, 5.41) is 19.4. The van der Waals surface area contributed by atoms with E-state index in [4.69, 9.17) is 0 Å². The average molecular weight is 253 g/mol. The van der Waals surface area contributed by atoms with Crippen molar-refractivity contribution in [3.8, 4) is 5.75 Å². The van der Waals surface area contributed by atoms with E-state index in [1.54, 1.807) is 6.92 Å². The number of amides is 1. The van der Waals surface area contributed by atoms with Gasteiger partial charge < -0.3 is 15.1 Å². The van der Waals surface area contributed by atoms with Crippen LogP contribution in [0.3, 0.4) is 0 Å². The Morgan fingerprint density at radius 3 is 2.61 bits per heavy atom. The number of phenols is 1. The van der Waals surface area contributed by atoms with Gasteiger partial charge in [0.05, 0.1) is 11.2 Å². The number of aliphatic hydroxyl groups is 1. The Bertz CT molecular complexity index is 463. The van der Waals surface area contributed by atoms with Gasteiger partial charge in [-0.1, -0.05) is 0 Å². The molecular formula is C13H16FNO3. The summed E-state index contributed by atoms with van der Waals surface area (Å²) < 4.78 is 13.1. The Morgan fingerprint density at radius 2 is 2.00 bits per heavy atom.